The van der Waals surface area contributed by atoms with E-state index in [-0.39, 0.29) is 0 Å². The van der Waals surface area contributed by atoms with E-state index < -0.39 is 5.60 Å². The summed E-state index contributed by atoms with van der Waals surface area (Å²) in [5.41, 5.74) is 7.06. The van der Waals surface area contributed by atoms with Crippen LogP contribution in [0, 0.1) is 18.8 Å². The predicted octanol–water partition coefficient (Wildman–Crippen LogP) is 3.01. The minimum absolute atomic E-state index is 0.479. The molecule has 0 bridgehead atoms. The van der Waals surface area contributed by atoms with E-state index in [1.165, 1.54) is 6.42 Å². The highest BCUT2D eigenvalue weighted by atomic mass is 16.3. The third-order valence-electron chi connectivity index (χ3n) is 4.26. The Bertz CT molecular complexity index is 431. The summed E-state index contributed by atoms with van der Waals surface area (Å²) in [6, 6.07) is 1.99. The minimum Gasteiger partial charge on any atom is -0.385 e. The van der Waals surface area contributed by atoms with Crippen LogP contribution in [0.15, 0.2) is 12.3 Å². The minimum atomic E-state index is -0.781. The first-order chi connectivity index (χ1) is 8.42. The first-order valence-electron chi connectivity index (χ1n) is 6.87. The second-order valence-corrected chi connectivity index (χ2v) is 6.08. The highest BCUT2D eigenvalue weighted by molar-refractivity contribution is 5.45. The molecule has 3 nitrogen and oxygen atoms in total. The van der Waals surface area contributed by atoms with E-state index in [0.717, 1.165) is 30.4 Å². The van der Waals surface area contributed by atoms with Crippen molar-refractivity contribution in [2.24, 2.45) is 11.8 Å². The lowest BCUT2D eigenvalue weighted by atomic mass is 9.71. The molecule has 3 N–H and O–H groups in total. The Morgan fingerprint density at radius 1 is 1.50 bits per heavy atom. The molecule has 100 valence electrons. The highest BCUT2D eigenvalue weighted by Crippen LogP contribution is 2.43. The molecule has 0 aromatic carbocycles. The normalized spacial score (nSPS) is 28.6. The zero-order valence-electron chi connectivity index (χ0n) is 11.6. The molecule has 0 aliphatic heterocycles. The first-order valence-corrected chi connectivity index (χ1v) is 6.87. The molecule has 1 heterocycles. The van der Waals surface area contributed by atoms with Gasteiger partial charge in [0.15, 0.2) is 0 Å². The third-order valence-corrected chi connectivity index (χ3v) is 4.26. The molecule has 3 heteroatoms. The molecule has 2 unspecified atom stereocenters. The van der Waals surface area contributed by atoms with Crippen molar-refractivity contribution in [2.45, 2.75) is 52.1 Å². The van der Waals surface area contributed by atoms with Gasteiger partial charge in [-0.05, 0) is 56.1 Å². The van der Waals surface area contributed by atoms with Gasteiger partial charge < -0.3 is 10.8 Å². The van der Waals surface area contributed by atoms with Gasteiger partial charge in [0.25, 0.3) is 0 Å². The number of nitrogens with zero attached hydrogens (tertiary/aromatic N) is 1. The lowest BCUT2D eigenvalue weighted by molar-refractivity contribution is -0.0291. The quantitative estimate of drug-likeness (QED) is 0.845. The lowest BCUT2D eigenvalue weighted by Crippen LogP contribution is -2.35. The molecule has 2 rings (SSSR count). The summed E-state index contributed by atoms with van der Waals surface area (Å²) < 4.78 is 0. The molecule has 18 heavy (non-hydrogen) atoms. The number of aryl methyl sites for hydroxylation is 1. The Labute approximate surface area is 109 Å². The molecule has 0 saturated heterocycles. The number of anilines is 1. The van der Waals surface area contributed by atoms with Gasteiger partial charge >= 0.3 is 0 Å². The van der Waals surface area contributed by atoms with Gasteiger partial charge in [-0.25, -0.2) is 4.98 Å². The molecular weight excluding hydrogens is 224 g/mol. The van der Waals surface area contributed by atoms with E-state index in [1.54, 1.807) is 6.20 Å². The van der Waals surface area contributed by atoms with Crippen LogP contribution in [-0.4, -0.2) is 10.1 Å². The van der Waals surface area contributed by atoms with Gasteiger partial charge in [-0.3, -0.25) is 0 Å². The van der Waals surface area contributed by atoms with E-state index >= 15 is 0 Å². The van der Waals surface area contributed by atoms with Crippen LogP contribution in [0.25, 0.3) is 0 Å². The fourth-order valence-electron chi connectivity index (χ4n) is 3.06. The predicted molar refractivity (Wildman–Crippen MR) is 74.1 cm³/mol. The highest BCUT2D eigenvalue weighted by Gasteiger charge is 2.38. The summed E-state index contributed by atoms with van der Waals surface area (Å²) in [5, 5.41) is 10.9. The van der Waals surface area contributed by atoms with Crippen molar-refractivity contribution in [1.82, 2.24) is 4.98 Å². The Hall–Kier alpha value is -1.09. The average molecular weight is 248 g/mol. The van der Waals surface area contributed by atoms with Crippen molar-refractivity contribution in [2.75, 3.05) is 5.73 Å². The molecule has 1 fully saturated rings. The van der Waals surface area contributed by atoms with E-state index in [2.05, 4.69) is 18.8 Å². The Morgan fingerprint density at radius 2 is 2.22 bits per heavy atom. The van der Waals surface area contributed by atoms with Gasteiger partial charge in [-0.1, -0.05) is 13.8 Å². The second-order valence-electron chi connectivity index (χ2n) is 6.08. The van der Waals surface area contributed by atoms with E-state index in [0.29, 0.717) is 17.7 Å². The smallest absolute Gasteiger partial charge is 0.129 e. The Balaban J connectivity index is 2.32. The van der Waals surface area contributed by atoms with E-state index in [4.69, 9.17) is 5.73 Å². The molecule has 1 saturated carbocycles. The van der Waals surface area contributed by atoms with E-state index in [9.17, 15) is 5.11 Å². The number of pyridine rings is 1. The summed E-state index contributed by atoms with van der Waals surface area (Å²) in [4.78, 5) is 4.19. The fraction of sp³-hybridized carbons (Fsp3) is 0.667. The Kier molecular flexibility index (Phi) is 3.62. The van der Waals surface area contributed by atoms with Crippen molar-refractivity contribution in [3.05, 3.63) is 23.4 Å². The van der Waals surface area contributed by atoms with Crippen molar-refractivity contribution in [1.29, 1.82) is 0 Å². The largest absolute Gasteiger partial charge is 0.385 e. The molecule has 1 aliphatic rings. The Morgan fingerprint density at radius 3 is 2.89 bits per heavy atom. The van der Waals surface area contributed by atoms with Gasteiger partial charge in [0.2, 0.25) is 0 Å². The molecular formula is C15H24N2O. The van der Waals surface area contributed by atoms with Gasteiger partial charge in [0.1, 0.15) is 5.82 Å². The monoisotopic (exact) mass is 248 g/mol. The van der Waals surface area contributed by atoms with Crippen LogP contribution in [0.2, 0.25) is 0 Å². The SMILES string of the molecule is Cc1cnc(N)c(C2(O)CCCC(C(C)C)C2)c1. The first kappa shape index (κ1) is 13.3. The van der Waals surface area contributed by atoms with Crippen molar-refractivity contribution < 1.29 is 5.11 Å². The third kappa shape index (κ3) is 2.51. The number of aromatic nitrogens is 1. The maximum Gasteiger partial charge on any atom is 0.129 e. The summed E-state index contributed by atoms with van der Waals surface area (Å²) in [6.45, 7) is 6.45. The molecule has 1 aliphatic carbocycles. The van der Waals surface area contributed by atoms with Crippen LogP contribution in [-0.2, 0) is 5.60 Å². The number of aliphatic hydroxyl groups is 1. The van der Waals surface area contributed by atoms with Gasteiger partial charge in [0.05, 0.1) is 5.60 Å². The maximum absolute atomic E-state index is 10.9. The number of hydrogen-bond donors (Lipinski definition) is 2. The fourth-order valence-corrected chi connectivity index (χ4v) is 3.06. The molecule has 0 amide bonds. The van der Waals surface area contributed by atoms with Crippen LogP contribution < -0.4 is 5.73 Å². The molecule has 0 radical (unpaired) electrons. The van der Waals surface area contributed by atoms with Crippen molar-refractivity contribution in [3.63, 3.8) is 0 Å². The molecule has 2 atom stereocenters. The second kappa shape index (κ2) is 4.88. The van der Waals surface area contributed by atoms with Crippen LogP contribution >= 0.6 is 0 Å². The number of rotatable bonds is 2. The maximum atomic E-state index is 10.9. The van der Waals surface area contributed by atoms with Crippen LogP contribution in [0.3, 0.4) is 0 Å². The van der Waals surface area contributed by atoms with Crippen molar-refractivity contribution in [3.8, 4) is 0 Å². The standard InChI is InChI=1S/C15H24N2O/c1-10(2)12-5-4-6-15(18,8-12)13-7-11(3)9-17-14(13)16/h7,9-10,12,18H,4-6,8H2,1-3H3,(H2,16,17). The number of nitrogens with two attached hydrogens (primary N) is 1. The topological polar surface area (TPSA) is 59.1 Å². The summed E-state index contributed by atoms with van der Waals surface area (Å²) in [7, 11) is 0. The summed E-state index contributed by atoms with van der Waals surface area (Å²) in [5.74, 6) is 1.66. The zero-order valence-corrected chi connectivity index (χ0v) is 11.6. The molecule has 1 aromatic heterocycles. The van der Waals surface area contributed by atoms with Gasteiger partial charge in [0, 0.05) is 11.8 Å². The van der Waals surface area contributed by atoms with Crippen LogP contribution in [0.4, 0.5) is 5.82 Å². The van der Waals surface area contributed by atoms with Crippen LogP contribution in [0.5, 0.6) is 0 Å². The molecule has 0 spiro atoms. The van der Waals surface area contributed by atoms with Crippen molar-refractivity contribution >= 4 is 5.82 Å². The number of hydrogen-bond acceptors (Lipinski definition) is 3. The zero-order chi connectivity index (χ0) is 13.3. The van der Waals surface area contributed by atoms with E-state index in [1.807, 2.05) is 13.0 Å². The summed E-state index contributed by atoms with van der Waals surface area (Å²) >= 11 is 0. The summed E-state index contributed by atoms with van der Waals surface area (Å²) in [6.07, 6.45) is 5.63. The van der Waals surface area contributed by atoms with Crippen LogP contribution in [0.1, 0.15) is 50.7 Å². The average Bonchev–Trinajstić information content (AvgIpc) is 2.32. The number of nitrogen functional groups attached to an aromatic ring is 1. The van der Waals surface area contributed by atoms with Gasteiger partial charge in [-0.2, -0.15) is 0 Å². The molecule has 1 aromatic rings. The lowest BCUT2D eigenvalue weighted by Gasteiger charge is -2.39. The van der Waals surface area contributed by atoms with Gasteiger partial charge in [-0.15, -0.1) is 0 Å².